The fourth-order valence-corrected chi connectivity index (χ4v) is 1.84. The van der Waals surface area contributed by atoms with E-state index in [1.165, 1.54) is 0 Å². The molecule has 0 bridgehead atoms. The van der Waals surface area contributed by atoms with Gasteiger partial charge in [0.2, 0.25) is 0 Å². The van der Waals surface area contributed by atoms with E-state index < -0.39 is 0 Å². The smallest absolute Gasteiger partial charge is 0.0832 e. The Balaban J connectivity index is 2.68. The zero-order valence-corrected chi connectivity index (χ0v) is 9.59. The highest BCUT2D eigenvalue weighted by Gasteiger charge is 2.04. The number of allylic oxidation sites excluding steroid dienone is 2. The predicted molar refractivity (Wildman–Crippen MR) is 63.3 cm³/mol. The Kier molecular flexibility index (Phi) is 5.05. The average Bonchev–Trinajstić information content (AvgIpc) is 2.11. The van der Waals surface area contributed by atoms with Gasteiger partial charge in [-0.25, -0.2) is 0 Å². The Morgan fingerprint density at radius 3 is 3.14 bits per heavy atom. The molecule has 1 rings (SSSR count). The molecule has 1 aliphatic heterocycles. The van der Waals surface area contributed by atoms with Crippen LogP contribution in [0.5, 0.6) is 0 Å². The number of hydrogen-bond donors (Lipinski definition) is 1. The van der Waals surface area contributed by atoms with Gasteiger partial charge in [-0.05, 0) is 13.0 Å². The number of alkyl halides is 1. The van der Waals surface area contributed by atoms with Crippen LogP contribution in [0.2, 0.25) is 0 Å². The van der Waals surface area contributed by atoms with Crippen LogP contribution in [0, 0.1) is 0 Å². The summed E-state index contributed by atoms with van der Waals surface area (Å²) in [6.07, 6.45) is 8.18. The molecule has 0 saturated heterocycles. The minimum atomic E-state index is -0.0424. The molecule has 0 aliphatic carbocycles. The molecule has 78 valence electrons. The summed E-state index contributed by atoms with van der Waals surface area (Å²) in [5.41, 5.74) is 0. The first-order valence-corrected chi connectivity index (χ1v) is 5.41. The average molecular weight is 233 g/mol. The number of aliphatic imine (C=N–C) groups is 1. The molecule has 0 radical (unpaired) electrons. The first-order valence-electron chi connectivity index (χ1n) is 4.60. The normalized spacial score (nSPS) is 34.9. The van der Waals surface area contributed by atoms with Crippen molar-refractivity contribution < 1.29 is 0 Å². The first-order chi connectivity index (χ1) is 6.68. The van der Waals surface area contributed by atoms with Crippen molar-refractivity contribution in [3.05, 3.63) is 23.3 Å². The zero-order valence-electron chi connectivity index (χ0n) is 8.08. The summed E-state index contributed by atoms with van der Waals surface area (Å²) in [6, 6.07) is 0.188. The SMILES string of the molecule is CC1/C=C(/Cl)CC(Cl)C=CC/N=C\N1. The van der Waals surface area contributed by atoms with Crippen LogP contribution in [0.25, 0.3) is 0 Å². The van der Waals surface area contributed by atoms with Gasteiger partial charge < -0.3 is 5.32 Å². The van der Waals surface area contributed by atoms with Crippen LogP contribution in [0.1, 0.15) is 13.3 Å². The summed E-state index contributed by atoms with van der Waals surface area (Å²) in [5, 5.41) is 3.84. The number of nitrogens with zero attached hydrogens (tertiary/aromatic N) is 1. The van der Waals surface area contributed by atoms with Gasteiger partial charge in [0, 0.05) is 17.5 Å². The summed E-state index contributed by atoms with van der Waals surface area (Å²) in [4.78, 5) is 4.13. The van der Waals surface area contributed by atoms with Gasteiger partial charge in [-0.3, -0.25) is 4.99 Å². The molecule has 0 fully saturated rings. The van der Waals surface area contributed by atoms with E-state index in [1.54, 1.807) is 6.34 Å². The van der Waals surface area contributed by atoms with Crippen LogP contribution >= 0.6 is 23.2 Å². The predicted octanol–water partition coefficient (Wildman–Crippen LogP) is 2.68. The van der Waals surface area contributed by atoms with E-state index in [-0.39, 0.29) is 11.4 Å². The van der Waals surface area contributed by atoms with Crippen molar-refractivity contribution in [3.8, 4) is 0 Å². The largest absolute Gasteiger partial charge is 0.370 e. The van der Waals surface area contributed by atoms with Crippen LogP contribution < -0.4 is 5.32 Å². The topological polar surface area (TPSA) is 24.4 Å². The summed E-state index contributed by atoms with van der Waals surface area (Å²) < 4.78 is 0. The molecule has 4 heteroatoms. The van der Waals surface area contributed by atoms with Crippen molar-refractivity contribution in [1.29, 1.82) is 0 Å². The molecule has 0 amide bonds. The molecule has 0 spiro atoms. The maximum Gasteiger partial charge on any atom is 0.0832 e. The lowest BCUT2D eigenvalue weighted by atomic mass is 10.2. The lowest BCUT2D eigenvalue weighted by Gasteiger charge is -2.07. The van der Waals surface area contributed by atoms with Gasteiger partial charge in [0.25, 0.3) is 0 Å². The third-order valence-electron chi connectivity index (χ3n) is 1.81. The maximum atomic E-state index is 6.03. The number of hydrogen-bond acceptors (Lipinski definition) is 2. The number of nitrogens with one attached hydrogen (secondary N) is 1. The third-order valence-corrected chi connectivity index (χ3v) is 2.39. The summed E-state index contributed by atoms with van der Waals surface area (Å²) in [6.45, 7) is 2.67. The minimum absolute atomic E-state index is 0.0424. The Labute approximate surface area is 94.7 Å². The summed E-state index contributed by atoms with van der Waals surface area (Å²) >= 11 is 12.1. The lowest BCUT2D eigenvalue weighted by molar-refractivity contribution is 0.808. The van der Waals surface area contributed by atoms with Crippen LogP contribution in [0.15, 0.2) is 28.3 Å². The summed E-state index contributed by atoms with van der Waals surface area (Å²) in [7, 11) is 0. The van der Waals surface area contributed by atoms with Crippen molar-refractivity contribution in [3.63, 3.8) is 0 Å². The molecule has 0 aromatic heterocycles. The van der Waals surface area contributed by atoms with Gasteiger partial charge in [-0.2, -0.15) is 0 Å². The van der Waals surface area contributed by atoms with Crippen molar-refractivity contribution >= 4 is 29.5 Å². The zero-order chi connectivity index (χ0) is 10.4. The first kappa shape index (κ1) is 11.6. The van der Waals surface area contributed by atoms with E-state index in [4.69, 9.17) is 23.2 Å². The van der Waals surface area contributed by atoms with Gasteiger partial charge in [0.05, 0.1) is 18.3 Å². The van der Waals surface area contributed by atoms with Crippen molar-refractivity contribution in [2.24, 2.45) is 4.99 Å². The monoisotopic (exact) mass is 232 g/mol. The third kappa shape index (κ3) is 4.68. The maximum absolute atomic E-state index is 6.03. The van der Waals surface area contributed by atoms with Crippen molar-refractivity contribution in [1.82, 2.24) is 5.32 Å². The number of halogens is 2. The highest BCUT2D eigenvalue weighted by Crippen LogP contribution is 2.16. The van der Waals surface area contributed by atoms with E-state index in [2.05, 4.69) is 10.3 Å². The molecule has 2 nitrogen and oxygen atoms in total. The quantitative estimate of drug-likeness (QED) is 0.505. The molecule has 2 unspecified atom stereocenters. The standard InChI is InChI=1S/C10H14Cl2N2/c1-8-5-10(12)6-9(11)3-2-4-13-7-14-8/h2-3,5,7-9H,4,6H2,1H3,(H,13,14)/b3-2?,10-5+. The second-order valence-corrected chi connectivity index (χ2v) is 4.26. The highest BCUT2D eigenvalue weighted by atomic mass is 35.5. The van der Waals surface area contributed by atoms with E-state index >= 15 is 0 Å². The Morgan fingerprint density at radius 1 is 1.57 bits per heavy atom. The van der Waals surface area contributed by atoms with E-state index in [0.29, 0.717) is 13.0 Å². The molecule has 0 saturated carbocycles. The van der Waals surface area contributed by atoms with Gasteiger partial charge in [0.1, 0.15) is 0 Å². The van der Waals surface area contributed by atoms with E-state index in [1.807, 2.05) is 25.2 Å². The highest BCUT2D eigenvalue weighted by molar-refractivity contribution is 6.31. The molecule has 14 heavy (non-hydrogen) atoms. The van der Waals surface area contributed by atoms with Gasteiger partial charge in [0.15, 0.2) is 0 Å². The molecule has 0 aromatic carbocycles. The Hall–Kier alpha value is -0.470. The Bertz CT molecular complexity index is 259. The Morgan fingerprint density at radius 2 is 2.36 bits per heavy atom. The van der Waals surface area contributed by atoms with Gasteiger partial charge >= 0.3 is 0 Å². The van der Waals surface area contributed by atoms with Gasteiger partial charge in [-0.15, -0.1) is 11.6 Å². The fraction of sp³-hybridized carbons (Fsp3) is 0.500. The van der Waals surface area contributed by atoms with Crippen LogP contribution in [-0.2, 0) is 0 Å². The van der Waals surface area contributed by atoms with E-state index in [9.17, 15) is 0 Å². The van der Waals surface area contributed by atoms with Crippen molar-refractivity contribution in [2.75, 3.05) is 6.54 Å². The second kappa shape index (κ2) is 6.10. The molecule has 1 heterocycles. The molecule has 0 aromatic rings. The molecule has 1 aliphatic rings. The van der Waals surface area contributed by atoms with Crippen LogP contribution in [0.4, 0.5) is 0 Å². The lowest BCUT2D eigenvalue weighted by Crippen LogP contribution is -2.22. The second-order valence-electron chi connectivity index (χ2n) is 3.21. The molecule has 1 N–H and O–H groups in total. The molecule has 2 atom stereocenters. The van der Waals surface area contributed by atoms with Crippen molar-refractivity contribution in [2.45, 2.75) is 24.8 Å². The van der Waals surface area contributed by atoms with E-state index in [0.717, 1.165) is 5.03 Å². The fourth-order valence-electron chi connectivity index (χ4n) is 1.13. The molecular weight excluding hydrogens is 219 g/mol. The molecular formula is C10H14Cl2N2. The van der Waals surface area contributed by atoms with Crippen LogP contribution in [-0.4, -0.2) is 24.3 Å². The number of rotatable bonds is 0. The minimum Gasteiger partial charge on any atom is -0.370 e. The summed E-state index contributed by atoms with van der Waals surface area (Å²) in [5.74, 6) is 0. The van der Waals surface area contributed by atoms with Gasteiger partial charge in [-0.1, -0.05) is 23.8 Å². The van der Waals surface area contributed by atoms with Crippen LogP contribution in [0.3, 0.4) is 0 Å².